The van der Waals surface area contributed by atoms with Crippen LogP contribution < -0.4 is 16.6 Å². The molecule has 0 radical (unpaired) electrons. The van der Waals surface area contributed by atoms with Crippen molar-refractivity contribution in [2.45, 2.75) is 29.7 Å². The van der Waals surface area contributed by atoms with Crippen LogP contribution in [0.25, 0.3) is 5.69 Å². The molecule has 0 aliphatic carbocycles. The first kappa shape index (κ1) is 26.5. The van der Waals surface area contributed by atoms with E-state index in [1.807, 2.05) is 0 Å². The lowest BCUT2D eigenvalue weighted by Gasteiger charge is -2.18. The van der Waals surface area contributed by atoms with Gasteiger partial charge in [-0.15, -0.1) is 11.8 Å². The highest BCUT2D eigenvalue weighted by atomic mass is 35.5. The Labute approximate surface area is 195 Å². The molecule has 0 fully saturated rings. The molecule has 0 saturated heterocycles. The Hall–Kier alpha value is -2.73. The molecule has 0 bridgehead atoms. The topological polar surface area (TPSA) is 82.3 Å². The second-order valence-corrected chi connectivity index (χ2v) is 8.60. The molecule has 1 N–H and O–H groups in total. The van der Waals surface area contributed by atoms with Gasteiger partial charge in [0.25, 0.3) is 5.56 Å². The van der Waals surface area contributed by atoms with Crippen LogP contribution in [0.15, 0.2) is 45.0 Å². The highest BCUT2D eigenvalue weighted by Gasteiger charge is 2.35. The third-order valence-corrected chi connectivity index (χ3v) is 6.21. The summed E-state index contributed by atoms with van der Waals surface area (Å²) in [7, 11) is 2.09. The van der Waals surface area contributed by atoms with Crippen LogP contribution in [0.1, 0.15) is 19.0 Å². The maximum atomic E-state index is 14.6. The van der Waals surface area contributed by atoms with Crippen molar-refractivity contribution in [3.8, 4) is 5.69 Å². The van der Waals surface area contributed by atoms with E-state index in [0.717, 1.165) is 30.9 Å². The number of ether oxygens (including phenoxy) is 1. The average Bonchev–Trinajstić information content (AvgIpc) is 2.72. The summed E-state index contributed by atoms with van der Waals surface area (Å²) in [5.41, 5.74) is -4.20. The Morgan fingerprint density at radius 1 is 1.30 bits per heavy atom. The van der Waals surface area contributed by atoms with E-state index in [1.165, 1.54) is 7.11 Å². The predicted octanol–water partition coefficient (Wildman–Crippen LogP) is 3.49. The summed E-state index contributed by atoms with van der Waals surface area (Å²) < 4.78 is 58.9. The van der Waals surface area contributed by atoms with Crippen molar-refractivity contribution in [2.75, 3.05) is 13.7 Å². The van der Waals surface area contributed by atoms with Crippen molar-refractivity contribution in [3.63, 3.8) is 0 Å². The van der Waals surface area contributed by atoms with Gasteiger partial charge in [-0.1, -0.05) is 18.2 Å². The number of methoxy groups -OCH3 is 1. The molecule has 33 heavy (non-hydrogen) atoms. The summed E-state index contributed by atoms with van der Waals surface area (Å²) in [5, 5.41) is 2.55. The van der Waals surface area contributed by atoms with Gasteiger partial charge < -0.3 is 10.1 Å². The van der Waals surface area contributed by atoms with Crippen molar-refractivity contribution >= 4 is 29.3 Å². The van der Waals surface area contributed by atoms with Crippen LogP contribution in [0.5, 0.6) is 0 Å². The summed E-state index contributed by atoms with van der Waals surface area (Å²) in [5.74, 6) is -1.48. The number of nitrogens with one attached hydrogen (secondary N) is 1. The van der Waals surface area contributed by atoms with Gasteiger partial charge in [0, 0.05) is 35.5 Å². The Balaban J connectivity index is 2.40. The zero-order valence-electron chi connectivity index (χ0n) is 17.8. The smallest absolute Gasteiger partial charge is 0.431 e. The third-order valence-electron chi connectivity index (χ3n) is 4.56. The Morgan fingerprint density at radius 3 is 2.52 bits per heavy atom. The van der Waals surface area contributed by atoms with Gasteiger partial charge in [-0.2, -0.15) is 13.2 Å². The minimum atomic E-state index is -4.94. The van der Waals surface area contributed by atoms with Crippen LogP contribution in [-0.4, -0.2) is 34.0 Å². The molecule has 0 aliphatic rings. The highest BCUT2D eigenvalue weighted by Crippen LogP contribution is 2.35. The van der Waals surface area contributed by atoms with Crippen molar-refractivity contribution in [1.29, 1.82) is 0 Å². The summed E-state index contributed by atoms with van der Waals surface area (Å²) in [6.45, 7) is 5.85. The van der Waals surface area contributed by atoms with Gasteiger partial charge >= 0.3 is 17.8 Å². The number of carbonyl (C=O) groups excluding carboxylic acids is 1. The molecule has 2 rings (SSSR count). The predicted molar refractivity (Wildman–Crippen MR) is 116 cm³/mol. The molecule has 180 valence electrons. The summed E-state index contributed by atoms with van der Waals surface area (Å²) in [4.78, 5) is 36.3. The second-order valence-electron chi connectivity index (χ2n) is 6.81. The highest BCUT2D eigenvalue weighted by molar-refractivity contribution is 8.00. The van der Waals surface area contributed by atoms with Gasteiger partial charge in [0.2, 0.25) is 0 Å². The summed E-state index contributed by atoms with van der Waals surface area (Å²) >= 11 is 7.21. The monoisotopic (exact) mass is 509 g/mol. The molecule has 0 spiro atoms. The first-order valence-corrected chi connectivity index (χ1v) is 10.6. The fourth-order valence-electron chi connectivity index (χ4n) is 2.73. The fourth-order valence-corrected chi connectivity index (χ4v) is 3.97. The standard InChI is InChI=1S/C20H20ClF4N3O4S/c1-10(26-6-5-18(30)32-4)11(2)33-15-8-14(13(22)7-12(15)21)28-17(29)9-16(20(23,24)25)27(3)19(28)31/h7-9,11,26H,1,5-6H2,2-4H3. The van der Waals surface area contributed by atoms with Crippen LogP contribution in [0.3, 0.4) is 0 Å². The van der Waals surface area contributed by atoms with E-state index in [2.05, 4.69) is 16.6 Å². The average molecular weight is 510 g/mol. The molecule has 1 aromatic heterocycles. The lowest BCUT2D eigenvalue weighted by Crippen LogP contribution is -2.41. The lowest BCUT2D eigenvalue weighted by molar-refractivity contribution is -0.144. The first-order chi connectivity index (χ1) is 15.3. The van der Waals surface area contributed by atoms with E-state index in [4.69, 9.17) is 11.6 Å². The van der Waals surface area contributed by atoms with E-state index in [1.54, 1.807) is 6.92 Å². The number of halogens is 5. The summed E-state index contributed by atoms with van der Waals surface area (Å²) in [6, 6.07) is 2.19. The molecule has 0 amide bonds. The van der Waals surface area contributed by atoms with E-state index in [9.17, 15) is 31.9 Å². The molecule has 0 aliphatic heterocycles. The molecule has 13 heteroatoms. The van der Waals surface area contributed by atoms with Crippen LogP contribution in [-0.2, 0) is 22.8 Å². The zero-order chi connectivity index (χ0) is 25.1. The van der Waals surface area contributed by atoms with Crippen molar-refractivity contribution in [2.24, 2.45) is 7.05 Å². The van der Waals surface area contributed by atoms with Gasteiger partial charge in [-0.05, 0) is 19.1 Å². The van der Waals surface area contributed by atoms with Crippen molar-refractivity contribution < 1.29 is 27.1 Å². The Morgan fingerprint density at radius 2 is 1.94 bits per heavy atom. The van der Waals surface area contributed by atoms with E-state index in [-0.39, 0.29) is 38.8 Å². The molecule has 1 heterocycles. The Bertz CT molecular complexity index is 1190. The van der Waals surface area contributed by atoms with Crippen LogP contribution in [0.2, 0.25) is 5.02 Å². The van der Waals surface area contributed by atoms with Gasteiger partial charge in [-0.25, -0.2) is 13.8 Å². The number of hydrogen-bond acceptors (Lipinski definition) is 6. The van der Waals surface area contributed by atoms with Gasteiger partial charge in [0.05, 0.1) is 24.2 Å². The van der Waals surface area contributed by atoms with Crippen LogP contribution in [0, 0.1) is 5.82 Å². The maximum absolute atomic E-state index is 14.6. The zero-order valence-corrected chi connectivity index (χ0v) is 19.3. The molecule has 1 aromatic carbocycles. The number of hydrogen-bond donors (Lipinski definition) is 1. The number of aromatic nitrogens is 2. The first-order valence-electron chi connectivity index (χ1n) is 9.33. The van der Waals surface area contributed by atoms with Crippen molar-refractivity contribution in [3.05, 3.63) is 67.8 Å². The summed E-state index contributed by atoms with van der Waals surface area (Å²) in [6.07, 6.45) is -4.84. The molecular weight excluding hydrogens is 490 g/mol. The SMILES string of the molecule is C=C(NCCC(=O)OC)C(C)Sc1cc(-n2c(=O)cc(C(F)(F)F)n(C)c2=O)c(F)cc1Cl. The molecular formula is C20H20ClF4N3O4S. The van der Waals surface area contributed by atoms with Crippen LogP contribution >= 0.6 is 23.4 Å². The quantitative estimate of drug-likeness (QED) is 0.333. The normalized spacial score (nSPS) is 12.4. The maximum Gasteiger partial charge on any atom is 0.431 e. The molecule has 7 nitrogen and oxygen atoms in total. The number of rotatable bonds is 8. The number of thioether (sulfide) groups is 1. The van der Waals surface area contributed by atoms with Gasteiger partial charge in [-0.3, -0.25) is 14.2 Å². The molecule has 1 unspecified atom stereocenters. The largest absolute Gasteiger partial charge is 0.469 e. The molecule has 1 atom stereocenters. The van der Waals surface area contributed by atoms with Gasteiger partial charge in [0.15, 0.2) is 0 Å². The number of carbonyl (C=O) groups is 1. The molecule has 0 saturated carbocycles. The number of benzene rings is 1. The number of nitrogens with zero attached hydrogens (tertiary/aromatic N) is 2. The fraction of sp³-hybridized carbons (Fsp3) is 0.350. The second kappa shape index (κ2) is 10.5. The minimum absolute atomic E-state index is 0.0350. The van der Waals surface area contributed by atoms with Gasteiger partial charge in [0.1, 0.15) is 11.5 Å². The number of esters is 1. The van der Waals surface area contributed by atoms with E-state index < -0.39 is 40.6 Å². The molecule has 2 aromatic rings. The third kappa shape index (κ3) is 6.20. The van der Waals surface area contributed by atoms with E-state index >= 15 is 0 Å². The lowest BCUT2D eigenvalue weighted by atomic mass is 10.3. The number of alkyl halides is 3. The van der Waals surface area contributed by atoms with E-state index in [0.29, 0.717) is 10.3 Å². The van der Waals surface area contributed by atoms with Crippen LogP contribution in [0.4, 0.5) is 17.6 Å². The minimum Gasteiger partial charge on any atom is -0.469 e. The van der Waals surface area contributed by atoms with Crippen molar-refractivity contribution in [1.82, 2.24) is 14.5 Å². The Kier molecular flexibility index (Phi) is 8.41.